The SMILES string of the molecule is COCCCNC(=O)c1ccc(N2C(O)CSC2c2ccc(F)cc2)c(C)c1. The molecule has 7 heteroatoms. The minimum absolute atomic E-state index is 0.108. The molecule has 1 fully saturated rings. The van der Waals surface area contributed by atoms with E-state index in [0.29, 0.717) is 24.5 Å². The highest BCUT2D eigenvalue weighted by atomic mass is 32.2. The highest BCUT2D eigenvalue weighted by Crippen LogP contribution is 2.44. The summed E-state index contributed by atoms with van der Waals surface area (Å²) in [4.78, 5) is 14.2. The molecule has 2 aromatic carbocycles. The third-order valence-electron chi connectivity index (χ3n) is 4.68. The van der Waals surface area contributed by atoms with Gasteiger partial charge in [-0.15, -0.1) is 11.8 Å². The molecule has 2 aromatic rings. The number of amides is 1. The topological polar surface area (TPSA) is 61.8 Å². The van der Waals surface area contributed by atoms with Crippen molar-refractivity contribution in [2.45, 2.75) is 24.9 Å². The minimum atomic E-state index is -0.646. The van der Waals surface area contributed by atoms with Crippen molar-refractivity contribution in [1.29, 1.82) is 0 Å². The van der Waals surface area contributed by atoms with Gasteiger partial charge in [0.05, 0.1) is 0 Å². The molecule has 28 heavy (non-hydrogen) atoms. The van der Waals surface area contributed by atoms with Crippen LogP contribution in [0.4, 0.5) is 10.1 Å². The molecule has 0 radical (unpaired) electrons. The first-order valence-electron chi connectivity index (χ1n) is 9.22. The summed E-state index contributed by atoms with van der Waals surface area (Å²) in [6.45, 7) is 3.09. The molecule has 0 aliphatic carbocycles. The molecule has 0 saturated carbocycles. The second-order valence-electron chi connectivity index (χ2n) is 6.73. The van der Waals surface area contributed by atoms with E-state index in [9.17, 15) is 14.3 Å². The Morgan fingerprint density at radius 1 is 1.32 bits per heavy atom. The lowest BCUT2D eigenvalue weighted by molar-refractivity contribution is 0.0948. The predicted octanol–water partition coefficient (Wildman–Crippen LogP) is 3.47. The lowest BCUT2D eigenvalue weighted by Gasteiger charge is -2.30. The van der Waals surface area contributed by atoms with Gasteiger partial charge >= 0.3 is 0 Å². The molecule has 2 unspecified atom stereocenters. The summed E-state index contributed by atoms with van der Waals surface area (Å²) >= 11 is 1.61. The number of nitrogens with zero attached hydrogens (tertiary/aromatic N) is 1. The van der Waals surface area contributed by atoms with Crippen molar-refractivity contribution in [2.75, 3.05) is 30.9 Å². The Morgan fingerprint density at radius 3 is 2.75 bits per heavy atom. The molecule has 150 valence electrons. The average molecular weight is 405 g/mol. The number of nitrogens with one attached hydrogen (secondary N) is 1. The maximum absolute atomic E-state index is 13.3. The summed E-state index contributed by atoms with van der Waals surface area (Å²) in [7, 11) is 1.63. The third-order valence-corrected chi connectivity index (χ3v) is 5.99. The minimum Gasteiger partial charge on any atom is -0.385 e. The average Bonchev–Trinajstić information content (AvgIpc) is 3.07. The lowest BCUT2D eigenvalue weighted by atomic mass is 10.1. The van der Waals surface area contributed by atoms with Crippen molar-refractivity contribution in [3.8, 4) is 0 Å². The summed E-state index contributed by atoms with van der Waals surface area (Å²) in [5.41, 5.74) is 3.28. The van der Waals surface area contributed by atoms with Crippen molar-refractivity contribution in [2.24, 2.45) is 0 Å². The fourth-order valence-corrected chi connectivity index (χ4v) is 4.55. The van der Waals surface area contributed by atoms with E-state index in [1.807, 2.05) is 24.0 Å². The van der Waals surface area contributed by atoms with Gasteiger partial charge in [0.25, 0.3) is 5.91 Å². The van der Waals surface area contributed by atoms with Crippen LogP contribution >= 0.6 is 11.8 Å². The van der Waals surface area contributed by atoms with E-state index in [-0.39, 0.29) is 17.1 Å². The number of aliphatic hydroxyl groups is 1. The van der Waals surface area contributed by atoms with Gasteiger partial charge < -0.3 is 20.1 Å². The second-order valence-corrected chi connectivity index (χ2v) is 7.84. The van der Waals surface area contributed by atoms with Crippen LogP contribution in [-0.4, -0.2) is 43.3 Å². The van der Waals surface area contributed by atoms with Gasteiger partial charge in [-0.2, -0.15) is 0 Å². The number of carbonyl (C=O) groups is 1. The molecule has 3 rings (SSSR count). The molecule has 0 aromatic heterocycles. The van der Waals surface area contributed by atoms with Crippen LogP contribution in [0.2, 0.25) is 0 Å². The zero-order valence-electron chi connectivity index (χ0n) is 16.0. The number of benzene rings is 2. The number of thioether (sulfide) groups is 1. The molecular weight excluding hydrogens is 379 g/mol. The van der Waals surface area contributed by atoms with Crippen LogP contribution in [0.1, 0.15) is 33.3 Å². The van der Waals surface area contributed by atoms with Crippen LogP contribution in [0.5, 0.6) is 0 Å². The van der Waals surface area contributed by atoms with E-state index < -0.39 is 6.23 Å². The first-order chi connectivity index (χ1) is 13.5. The normalized spacial score (nSPS) is 19.1. The van der Waals surface area contributed by atoms with Crippen molar-refractivity contribution < 1.29 is 19.0 Å². The lowest BCUT2D eigenvalue weighted by Crippen LogP contribution is -2.33. The van der Waals surface area contributed by atoms with Crippen LogP contribution < -0.4 is 10.2 Å². The van der Waals surface area contributed by atoms with E-state index in [2.05, 4.69) is 5.32 Å². The van der Waals surface area contributed by atoms with Crippen LogP contribution in [0.25, 0.3) is 0 Å². The molecule has 2 N–H and O–H groups in total. The zero-order chi connectivity index (χ0) is 20.1. The summed E-state index contributed by atoms with van der Waals surface area (Å²) in [5.74, 6) is 0.150. The van der Waals surface area contributed by atoms with Crippen molar-refractivity contribution >= 4 is 23.4 Å². The van der Waals surface area contributed by atoms with Crippen LogP contribution in [0, 0.1) is 12.7 Å². The molecule has 0 bridgehead atoms. The number of halogens is 1. The van der Waals surface area contributed by atoms with Gasteiger partial charge in [-0.3, -0.25) is 4.79 Å². The molecule has 1 aliphatic rings. The maximum atomic E-state index is 13.3. The summed E-state index contributed by atoms with van der Waals surface area (Å²) < 4.78 is 18.3. The van der Waals surface area contributed by atoms with Gasteiger partial charge in [-0.05, 0) is 54.8 Å². The molecule has 1 saturated heterocycles. The largest absolute Gasteiger partial charge is 0.385 e. The molecular formula is C21H25FN2O3S. The molecule has 0 spiro atoms. The number of aliphatic hydroxyl groups excluding tert-OH is 1. The van der Waals surface area contributed by atoms with Crippen LogP contribution in [0.15, 0.2) is 42.5 Å². The standard InChI is InChI=1S/C21H25FN2O3S/c1-14-12-16(20(26)23-10-3-11-27-2)6-9-18(14)24-19(25)13-28-21(24)15-4-7-17(22)8-5-15/h4-9,12,19,21,25H,3,10-11,13H2,1-2H3,(H,23,26). The summed E-state index contributed by atoms with van der Waals surface area (Å²) in [6.07, 6.45) is 0.114. The second kappa shape index (κ2) is 9.41. The number of hydrogen-bond donors (Lipinski definition) is 2. The van der Waals surface area contributed by atoms with E-state index in [1.54, 1.807) is 37.1 Å². The van der Waals surface area contributed by atoms with E-state index in [4.69, 9.17) is 4.74 Å². The Morgan fingerprint density at radius 2 is 2.07 bits per heavy atom. The molecule has 5 nitrogen and oxygen atoms in total. The summed E-state index contributed by atoms with van der Waals surface area (Å²) in [5, 5.41) is 13.3. The Labute approximate surface area is 168 Å². The van der Waals surface area contributed by atoms with E-state index >= 15 is 0 Å². The van der Waals surface area contributed by atoms with Crippen molar-refractivity contribution in [3.63, 3.8) is 0 Å². The first kappa shape index (κ1) is 20.6. The summed E-state index contributed by atoms with van der Waals surface area (Å²) in [6, 6.07) is 11.8. The number of carbonyl (C=O) groups excluding carboxylic acids is 1. The van der Waals surface area contributed by atoms with Gasteiger partial charge in [0.1, 0.15) is 17.4 Å². The Kier molecular flexibility index (Phi) is 6.93. The number of ether oxygens (including phenoxy) is 1. The Balaban J connectivity index is 1.78. The number of rotatable bonds is 7. The highest BCUT2D eigenvalue weighted by molar-refractivity contribution is 7.99. The smallest absolute Gasteiger partial charge is 0.251 e. The van der Waals surface area contributed by atoms with Gasteiger partial charge in [0, 0.05) is 37.3 Å². The number of aryl methyl sites for hydroxylation is 1. The molecule has 1 aliphatic heterocycles. The van der Waals surface area contributed by atoms with Crippen LogP contribution in [-0.2, 0) is 4.74 Å². The maximum Gasteiger partial charge on any atom is 0.251 e. The van der Waals surface area contributed by atoms with Gasteiger partial charge in [-0.25, -0.2) is 4.39 Å². The van der Waals surface area contributed by atoms with Crippen LogP contribution in [0.3, 0.4) is 0 Å². The number of anilines is 1. The highest BCUT2D eigenvalue weighted by Gasteiger charge is 2.34. The first-order valence-corrected chi connectivity index (χ1v) is 10.3. The van der Waals surface area contributed by atoms with Gasteiger partial charge in [0.2, 0.25) is 0 Å². The van der Waals surface area contributed by atoms with Gasteiger partial charge in [-0.1, -0.05) is 12.1 Å². The monoisotopic (exact) mass is 404 g/mol. The van der Waals surface area contributed by atoms with Crippen molar-refractivity contribution in [1.82, 2.24) is 5.32 Å². The predicted molar refractivity (Wildman–Crippen MR) is 110 cm³/mol. The Bertz CT molecular complexity index is 816. The molecule has 1 amide bonds. The van der Waals surface area contributed by atoms with E-state index in [1.165, 1.54) is 12.1 Å². The van der Waals surface area contributed by atoms with Gasteiger partial charge in [0.15, 0.2) is 0 Å². The molecule has 2 atom stereocenters. The molecule has 1 heterocycles. The Hall–Kier alpha value is -2.09. The quantitative estimate of drug-likeness (QED) is 0.692. The number of methoxy groups -OCH3 is 1. The third kappa shape index (κ3) is 4.66. The fraction of sp³-hybridized carbons (Fsp3) is 0.381. The fourth-order valence-electron chi connectivity index (χ4n) is 3.27. The van der Waals surface area contributed by atoms with E-state index in [0.717, 1.165) is 23.2 Å². The van der Waals surface area contributed by atoms with Crippen molar-refractivity contribution in [3.05, 3.63) is 65.0 Å². The zero-order valence-corrected chi connectivity index (χ0v) is 16.8. The number of hydrogen-bond acceptors (Lipinski definition) is 5.